The van der Waals surface area contributed by atoms with Gasteiger partial charge in [-0.2, -0.15) is 0 Å². The second-order valence-corrected chi connectivity index (χ2v) is 5.20. The van der Waals surface area contributed by atoms with Crippen molar-refractivity contribution in [3.8, 4) is 0 Å². The van der Waals surface area contributed by atoms with Crippen molar-refractivity contribution >= 4 is 17.7 Å². The minimum atomic E-state index is -1.14. The first-order valence-corrected chi connectivity index (χ1v) is 5.83. The SMILES string of the molecule is CC(Nc1cnc(C(=O)O)cn1)C(=O)NC(C)(C)C. The van der Waals surface area contributed by atoms with Crippen molar-refractivity contribution in [2.75, 3.05) is 5.32 Å². The number of rotatable bonds is 4. The number of nitrogens with one attached hydrogen (secondary N) is 2. The second kappa shape index (κ2) is 5.64. The molecule has 0 spiro atoms. The van der Waals surface area contributed by atoms with E-state index in [2.05, 4.69) is 20.6 Å². The molecule has 3 N–H and O–H groups in total. The average molecular weight is 266 g/mol. The van der Waals surface area contributed by atoms with Crippen molar-refractivity contribution in [2.45, 2.75) is 39.3 Å². The van der Waals surface area contributed by atoms with Gasteiger partial charge in [-0.1, -0.05) is 0 Å². The summed E-state index contributed by atoms with van der Waals surface area (Å²) in [4.78, 5) is 30.0. The highest BCUT2D eigenvalue weighted by Gasteiger charge is 2.19. The maximum Gasteiger partial charge on any atom is 0.356 e. The topological polar surface area (TPSA) is 104 Å². The standard InChI is InChI=1S/C12H18N4O3/c1-7(10(17)16-12(2,3)4)15-9-6-13-8(5-14-9)11(18)19/h5-7H,1-4H3,(H,14,15)(H,16,17)(H,18,19). The van der Waals surface area contributed by atoms with Crippen LogP contribution in [0.1, 0.15) is 38.2 Å². The molecule has 0 bridgehead atoms. The van der Waals surface area contributed by atoms with E-state index in [1.54, 1.807) is 6.92 Å². The maximum absolute atomic E-state index is 11.8. The number of hydrogen-bond donors (Lipinski definition) is 3. The Kier molecular flexibility index (Phi) is 4.42. The van der Waals surface area contributed by atoms with E-state index in [1.165, 1.54) is 6.20 Å². The molecule has 1 aromatic rings. The van der Waals surface area contributed by atoms with E-state index in [0.29, 0.717) is 5.82 Å². The average Bonchev–Trinajstić information content (AvgIpc) is 2.27. The van der Waals surface area contributed by atoms with Gasteiger partial charge in [-0.15, -0.1) is 0 Å². The minimum Gasteiger partial charge on any atom is -0.476 e. The molecule has 1 amide bonds. The summed E-state index contributed by atoms with van der Waals surface area (Å²) in [7, 11) is 0. The van der Waals surface area contributed by atoms with Gasteiger partial charge in [0.15, 0.2) is 5.69 Å². The summed E-state index contributed by atoms with van der Waals surface area (Å²) in [5.74, 6) is -0.962. The van der Waals surface area contributed by atoms with Crippen LogP contribution in [0.2, 0.25) is 0 Å². The van der Waals surface area contributed by atoms with E-state index in [-0.39, 0.29) is 17.1 Å². The van der Waals surface area contributed by atoms with Crippen molar-refractivity contribution in [2.24, 2.45) is 0 Å². The summed E-state index contributed by atoms with van der Waals surface area (Å²) >= 11 is 0. The van der Waals surface area contributed by atoms with Crippen LogP contribution in [-0.2, 0) is 4.79 Å². The number of carboxylic acids is 1. The minimum absolute atomic E-state index is 0.141. The van der Waals surface area contributed by atoms with Gasteiger partial charge in [-0.3, -0.25) is 4.79 Å². The van der Waals surface area contributed by atoms with Crippen LogP contribution in [0.4, 0.5) is 5.82 Å². The summed E-state index contributed by atoms with van der Waals surface area (Å²) < 4.78 is 0. The molecule has 0 aliphatic rings. The van der Waals surface area contributed by atoms with Crippen LogP contribution in [0.5, 0.6) is 0 Å². The molecule has 0 aliphatic heterocycles. The van der Waals surface area contributed by atoms with Gasteiger partial charge in [-0.05, 0) is 27.7 Å². The van der Waals surface area contributed by atoms with E-state index >= 15 is 0 Å². The number of amides is 1. The summed E-state index contributed by atoms with van der Waals surface area (Å²) in [5, 5.41) is 14.4. The first kappa shape index (κ1) is 14.9. The van der Waals surface area contributed by atoms with Gasteiger partial charge in [0.25, 0.3) is 0 Å². The lowest BCUT2D eigenvalue weighted by Crippen LogP contribution is -2.47. The molecule has 7 heteroatoms. The normalized spacial score (nSPS) is 12.6. The highest BCUT2D eigenvalue weighted by molar-refractivity contribution is 5.85. The molecule has 1 atom stereocenters. The molecule has 0 radical (unpaired) electrons. The first-order valence-electron chi connectivity index (χ1n) is 5.83. The van der Waals surface area contributed by atoms with Gasteiger partial charge in [0.05, 0.1) is 12.4 Å². The number of carboxylic acid groups (broad SMARTS) is 1. The molecule has 0 saturated carbocycles. The zero-order valence-electron chi connectivity index (χ0n) is 11.4. The Morgan fingerprint density at radius 1 is 1.26 bits per heavy atom. The Labute approximate surface area is 111 Å². The zero-order valence-corrected chi connectivity index (χ0v) is 11.4. The fraction of sp³-hybridized carbons (Fsp3) is 0.500. The van der Waals surface area contributed by atoms with Gasteiger partial charge in [-0.25, -0.2) is 14.8 Å². The summed E-state index contributed by atoms with van der Waals surface area (Å²) in [5.41, 5.74) is -0.455. The third-order valence-electron chi connectivity index (χ3n) is 2.13. The Bertz CT molecular complexity index is 465. The molecule has 0 aliphatic carbocycles. The Balaban J connectivity index is 2.64. The molecule has 1 heterocycles. The predicted octanol–water partition coefficient (Wildman–Crippen LogP) is 0.890. The molecule has 19 heavy (non-hydrogen) atoms. The Hall–Kier alpha value is -2.18. The van der Waals surface area contributed by atoms with Gasteiger partial charge in [0.1, 0.15) is 11.9 Å². The molecular formula is C12H18N4O3. The monoisotopic (exact) mass is 266 g/mol. The molecule has 1 unspecified atom stereocenters. The van der Waals surface area contributed by atoms with E-state index in [1.807, 2.05) is 20.8 Å². The number of aromatic carboxylic acids is 1. The second-order valence-electron chi connectivity index (χ2n) is 5.20. The van der Waals surface area contributed by atoms with Gasteiger partial charge in [0, 0.05) is 5.54 Å². The van der Waals surface area contributed by atoms with Crippen LogP contribution in [0.15, 0.2) is 12.4 Å². The van der Waals surface area contributed by atoms with Crippen molar-refractivity contribution in [3.63, 3.8) is 0 Å². The summed E-state index contributed by atoms with van der Waals surface area (Å²) in [6.07, 6.45) is 2.42. The van der Waals surface area contributed by atoms with Crippen LogP contribution in [-0.4, -0.2) is 38.5 Å². The largest absolute Gasteiger partial charge is 0.476 e. The lowest BCUT2D eigenvalue weighted by atomic mass is 10.1. The van der Waals surface area contributed by atoms with Gasteiger partial charge < -0.3 is 15.7 Å². The van der Waals surface area contributed by atoms with Crippen molar-refractivity contribution in [3.05, 3.63) is 18.1 Å². The van der Waals surface area contributed by atoms with Crippen molar-refractivity contribution in [1.82, 2.24) is 15.3 Å². The van der Waals surface area contributed by atoms with Crippen molar-refractivity contribution in [1.29, 1.82) is 0 Å². The molecule has 1 aromatic heterocycles. The highest BCUT2D eigenvalue weighted by atomic mass is 16.4. The first-order chi connectivity index (χ1) is 8.69. The van der Waals surface area contributed by atoms with E-state index in [4.69, 9.17) is 5.11 Å². The molecule has 1 rings (SSSR count). The molecule has 104 valence electrons. The number of carbonyl (C=O) groups excluding carboxylic acids is 1. The number of carbonyl (C=O) groups is 2. The third-order valence-corrected chi connectivity index (χ3v) is 2.13. The van der Waals surface area contributed by atoms with Crippen LogP contribution >= 0.6 is 0 Å². The lowest BCUT2D eigenvalue weighted by molar-refractivity contribution is -0.122. The van der Waals surface area contributed by atoms with E-state index in [0.717, 1.165) is 6.20 Å². The van der Waals surface area contributed by atoms with Gasteiger partial charge in [0.2, 0.25) is 5.91 Å². The third kappa shape index (κ3) is 4.90. The number of aromatic nitrogens is 2. The molecule has 0 aromatic carbocycles. The number of anilines is 1. The zero-order chi connectivity index (χ0) is 14.6. The van der Waals surface area contributed by atoms with Crippen LogP contribution in [0.25, 0.3) is 0 Å². The molecule has 7 nitrogen and oxygen atoms in total. The summed E-state index contributed by atoms with van der Waals surface area (Å²) in [6, 6.07) is -0.496. The predicted molar refractivity (Wildman–Crippen MR) is 70.0 cm³/mol. The molecule has 0 saturated heterocycles. The van der Waals surface area contributed by atoms with E-state index in [9.17, 15) is 9.59 Å². The van der Waals surface area contributed by atoms with E-state index < -0.39 is 12.0 Å². The maximum atomic E-state index is 11.8. The van der Waals surface area contributed by atoms with Crippen LogP contribution < -0.4 is 10.6 Å². The lowest BCUT2D eigenvalue weighted by Gasteiger charge is -2.23. The Morgan fingerprint density at radius 3 is 2.32 bits per heavy atom. The van der Waals surface area contributed by atoms with Crippen LogP contribution in [0.3, 0.4) is 0 Å². The Morgan fingerprint density at radius 2 is 1.89 bits per heavy atom. The molecular weight excluding hydrogens is 248 g/mol. The number of hydrogen-bond acceptors (Lipinski definition) is 5. The van der Waals surface area contributed by atoms with Crippen LogP contribution in [0, 0.1) is 0 Å². The van der Waals surface area contributed by atoms with Crippen molar-refractivity contribution < 1.29 is 14.7 Å². The summed E-state index contributed by atoms with van der Waals surface area (Å²) in [6.45, 7) is 7.35. The fourth-order valence-electron chi connectivity index (χ4n) is 1.28. The highest BCUT2D eigenvalue weighted by Crippen LogP contribution is 2.05. The smallest absolute Gasteiger partial charge is 0.356 e. The van der Waals surface area contributed by atoms with Gasteiger partial charge >= 0.3 is 5.97 Å². The quantitative estimate of drug-likeness (QED) is 0.747. The fourth-order valence-corrected chi connectivity index (χ4v) is 1.28. The molecule has 0 fully saturated rings. The number of nitrogens with zero attached hydrogens (tertiary/aromatic N) is 2.